The zero-order valence-electron chi connectivity index (χ0n) is 16.6. The van der Waals surface area contributed by atoms with E-state index in [4.69, 9.17) is 11.6 Å². The van der Waals surface area contributed by atoms with Gasteiger partial charge in [0.15, 0.2) is 0 Å². The molecular formula is C18H18ClN7O4S2. The average Bonchev–Trinajstić information content (AvgIpc) is 3.46. The number of rotatable bonds is 6. The molecule has 32 heavy (non-hydrogen) atoms. The molecule has 0 radical (unpaired) electrons. The van der Waals surface area contributed by atoms with Crippen LogP contribution in [0.2, 0.25) is 4.34 Å². The maximum Gasteiger partial charge on any atom is 0.271 e. The van der Waals surface area contributed by atoms with Gasteiger partial charge in [0.25, 0.3) is 15.9 Å². The van der Waals surface area contributed by atoms with E-state index in [2.05, 4.69) is 20.2 Å². The van der Waals surface area contributed by atoms with Crippen molar-refractivity contribution in [3.8, 4) is 0 Å². The van der Waals surface area contributed by atoms with Gasteiger partial charge in [-0.3, -0.25) is 14.3 Å². The fourth-order valence-electron chi connectivity index (χ4n) is 3.16. The van der Waals surface area contributed by atoms with Gasteiger partial charge >= 0.3 is 0 Å². The van der Waals surface area contributed by atoms with Gasteiger partial charge in [-0.05, 0) is 46.8 Å². The van der Waals surface area contributed by atoms with E-state index in [1.165, 1.54) is 35.3 Å². The van der Waals surface area contributed by atoms with Gasteiger partial charge < -0.3 is 9.80 Å². The Kier molecular flexibility index (Phi) is 6.39. The lowest BCUT2D eigenvalue weighted by molar-refractivity contribution is -0.133. The van der Waals surface area contributed by atoms with Crippen LogP contribution >= 0.6 is 22.9 Å². The monoisotopic (exact) mass is 495 g/mol. The number of thiophene rings is 1. The van der Waals surface area contributed by atoms with Crippen molar-refractivity contribution < 1.29 is 18.0 Å². The molecule has 168 valence electrons. The topological polar surface area (TPSA) is 130 Å². The number of amides is 2. The highest BCUT2D eigenvalue weighted by Crippen LogP contribution is 2.27. The molecule has 1 fully saturated rings. The van der Waals surface area contributed by atoms with E-state index in [-0.39, 0.29) is 22.6 Å². The van der Waals surface area contributed by atoms with Crippen LogP contribution in [0, 0.1) is 0 Å². The van der Waals surface area contributed by atoms with Crippen LogP contribution in [0.5, 0.6) is 0 Å². The second-order valence-electron chi connectivity index (χ2n) is 6.92. The van der Waals surface area contributed by atoms with E-state index in [9.17, 15) is 18.0 Å². The van der Waals surface area contributed by atoms with Crippen molar-refractivity contribution in [3.05, 3.63) is 52.6 Å². The Bertz CT molecular complexity index is 1200. The lowest BCUT2D eigenvalue weighted by atomic mass is 10.1. The largest absolute Gasteiger partial charge is 0.338 e. The highest BCUT2D eigenvalue weighted by Gasteiger charge is 2.25. The summed E-state index contributed by atoms with van der Waals surface area (Å²) in [4.78, 5) is 28.4. The first-order valence-electron chi connectivity index (χ1n) is 9.48. The lowest BCUT2D eigenvalue weighted by Gasteiger charge is -2.34. The predicted molar refractivity (Wildman–Crippen MR) is 117 cm³/mol. The summed E-state index contributed by atoms with van der Waals surface area (Å²) in [6.45, 7) is 1.67. The molecule has 0 spiro atoms. The number of carbonyl (C=O) groups excluding carboxylic acids is 2. The van der Waals surface area contributed by atoms with Gasteiger partial charge in [-0.1, -0.05) is 11.6 Å². The van der Waals surface area contributed by atoms with Crippen LogP contribution in [-0.2, 0) is 21.4 Å². The van der Waals surface area contributed by atoms with Gasteiger partial charge in [0.05, 0.1) is 4.34 Å². The Hall–Kier alpha value is -3.03. The summed E-state index contributed by atoms with van der Waals surface area (Å²) in [5.41, 5.74) is 0.768. The number of nitrogens with one attached hydrogen (secondary N) is 1. The van der Waals surface area contributed by atoms with E-state index in [1.54, 1.807) is 21.9 Å². The quantitative estimate of drug-likeness (QED) is 0.543. The van der Waals surface area contributed by atoms with Gasteiger partial charge in [-0.2, -0.15) is 0 Å². The number of hydrogen-bond donors (Lipinski definition) is 1. The van der Waals surface area contributed by atoms with E-state index < -0.39 is 10.0 Å². The predicted octanol–water partition coefficient (Wildman–Crippen LogP) is 1.17. The van der Waals surface area contributed by atoms with Gasteiger partial charge in [0.2, 0.25) is 5.91 Å². The smallest absolute Gasteiger partial charge is 0.271 e. The van der Waals surface area contributed by atoms with E-state index >= 15 is 0 Å². The van der Waals surface area contributed by atoms with Gasteiger partial charge in [-0.15, -0.1) is 16.4 Å². The van der Waals surface area contributed by atoms with Crippen molar-refractivity contribution in [2.24, 2.45) is 0 Å². The molecule has 0 bridgehead atoms. The maximum absolute atomic E-state index is 12.8. The second-order valence-corrected chi connectivity index (χ2v) is 10.5. The number of benzene rings is 1. The number of anilines is 1. The van der Waals surface area contributed by atoms with Crippen molar-refractivity contribution in [2.75, 3.05) is 30.9 Å². The fraction of sp³-hybridized carbons (Fsp3) is 0.278. The van der Waals surface area contributed by atoms with Crippen molar-refractivity contribution in [2.45, 2.75) is 10.8 Å². The normalized spacial score (nSPS) is 14.4. The molecule has 14 heteroatoms. The van der Waals surface area contributed by atoms with Crippen molar-refractivity contribution in [3.63, 3.8) is 0 Å². The molecule has 0 aliphatic carbocycles. The zero-order chi connectivity index (χ0) is 22.7. The molecule has 3 heterocycles. The van der Waals surface area contributed by atoms with Crippen molar-refractivity contribution >= 4 is 50.5 Å². The number of piperazine rings is 1. The third-order valence-electron chi connectivity index (χ3n) is 4.81. The van der Waals surface area contributed by atoms with E-state index in [1.807, 2.05) is 0 Å². The first kappa shape index (κ1) is 22.2. The molecule has 4 rings (SSSR count). The summed E-state index contributed by atoms with van der Waals surface area (Å²) in [6.07, 6.45) is 1.37. The molecule has 1 aliphatic heterocycles. The lowest BCUT2D eigenvalue weighted by Crippen LogP contribution is -2.51. The molecule has 0 atom stereocenters. The van der Waals surface area contributed by atoms with Crippen molar-refractivity contribution in [1.82, 2.24) is 30.0 Å². The first-order chi connectivity index (χ1) is 15.3. The molecule has 1 saturated heterocycles. The van der Waals surface area contributed by atoms with E-state index in [0.717, 1.165) is 11.3 Å². The Morgan fingerprint density at radius 2 is 1.72 bits per heavy atom. The summed E-state index contributed by atoms with van der Waals surface area (Å²) < 4.78 is 29.1. The standard InChI is InChI=1S/C18H18ClN7O4S2/c19-15-5-6-17(31-15)32(29,30)21-14-3-1-13(2-4-14)18(28)25-9-7-24(8-10-25)16(27)11-26-12-20-22-23-26/h1-6,12,21H,7-11H2. The number of nitrogens with zero attached hydrogens (tertiary/aromatic N) is 6. The molecule has 11 nitrogen and oxygen atoms in total. The third kappa shape index (κ3) is 5.06. The van der Waals surface area contributed by atoms with Crippen LogP contribution in [0.4, 0.5) is 5.69 Å². The van der Waals surface area contributed by atoms with Crippen LogP contribution < -0.4 is 4.72 Å². The highest BCUT2D eigenvalue weighted by molar-refractivity contribution is 7.94. The SMILES string of the molecule is O=C(Cn1cnnn1)N1CCN(C(=O)c2ccc(NS(=O)(=O)c3ccc(Cl)s3)cc2)CC1. The number of tetrazole rings is 1. The van der Waals surface area contributed by atoms with Gasteiger partial charge in [0.1, 0.15) is 17.1 Å². The summed E-state index contributed by atoms with van der Waals surface area (Å²) in [5, 5.41) is 10.7. The first-order valence-corrected chi connectivity index (χ1v) is 12.2. The molecule has 1 N–H and O–H groups in total. The van der Waals surface area contributed by atoms with Crippen LogP contribution in [0.3, 0.4) is 0 Å². The Morgan fingerprint density at radius 3 is 2.31 bits per heavy atom. The minimum Gasteiger partial charge on any atom is -0.338 e. The zero-order valence-corrected chi connectivity index (χ0v) is 19.0. The minimum absolute atomic E-state index is 0.0516. The minimum atomic E-state index is -3.74. The summed E-state index contributed by atoms with van der Waals surface area (Å²) in [6, 6.07) is 9.15. The molecule has 1 aliphatic rings. The fourth-order valence-corrected chi connectivity index (χ4v) is 5.70. The molecule has 3 aromatic rings. The second kappa shape index (κ2) is 9.22. The third-order valence-corrected chi connectivity index (χ3v) is 7.91. The van der Waals surface area contributed by atoms with Crippen LogP contribution in [0.1, 0.15) is 10.4 Å². The Labute approximate surface area is 192 Å². The molecular weight excluding hydrogens is 478 g/mol. The Morgan fingerprint density at radius 1 is 1.03 bits per heavy atom. The van der Waals surface area contributed by atoms with Crippen LogP contribution in [-0.4, -0.2) is 76.4 Å². The molecule has 1 aromatic carbocycles. The van der Waals surface area contributed by atoms with Crippen molar-refractivity contribution in [1.29, 1.82) is 0 Å². The molecule has 2 amide bonds. The van der Waals surface area contributed by atoms with Crippen LogP contribution in [0.15, 0.2) is 46.9 Å². The molecule has 2 aromatic heterocycles. The summed E-state index contributed by atoms with van der Waals surface area (Å²) in [5.74, 6) is -0.301. The van der Waals surface area contributed by atoms with Gasteiger partial charge in [-0.25, -0.2) is 13.1 Å². The number of hydrogen-bond acceptors (Lipinski definition) is 8. The number of sulfonamides is 1. The summed E-state index contributed by atoms with van der Waals surface area (Å²) in [7, 11) is -3.74. The Balaban J connectivity index is 1.33. The maximum atomic E-state index is 12.8. The molecule has 0 unspecified atom stereocenters. The average molecular weight is 496 g/mol. The van der Waals surface area contributed by atoms with E-state index in [0.29, 0.717) is 41.8 Å². The summed E-state index contributed by atoms with van der Waals surface area (Å²) >= 11 is 6.77. The molecule has 0 saturated carbocycles. The van der Waals surface area contributed by atoms with Gasteiger partial charge in [0, 0.05) is 37.4 Å². The van der Waals surface area contributed by atoms with Crippen LogP contribution in [0.25, 0.3) is 0 Å². The highest BCUT2D eigenvalue weighted by atomic mass is 35.5. The number of aromatic nitrogens is 4. The number of carbonyl (C=O) groups is 2. The number of halogens is 1.